The van der Waals surface area contributed by atoms with E-state index in [2.05, 4.69) is 30.2 Å². The Bertz CT molecular complexity index is 357. The minimum atomic E-state index is -0.750. The number of benzene rings is 1. The van der Waals surface area contributed by atoms with Crippen LogP contribution < -0.4 is 50.9 Å². The molecular formula is C9H11N2NaO2S2. The molecule has 0 aliphatic carbocycles. The maximum Gasteiger partial charge on any atom is 1.00 e. The van der Waals surface area contributed by atoms with E-state index in [1.54, 1.807) is 0 Å². The van der Waals surface area contributed by atoms with Gasteiger partial charge in [0.15, 0.2) is 0 Å². The zero-order chi connectivity index (χ0) is 11.8. The average Bonchev–Trinajstić information content (AvgIpc) is 2.07. The Kier molecular flexibility index (Phi) is 11.0. The van der Waals surface area contributed by atoms with Crippen molar-refractivity contribution in [1.82, 2.24) is 0 Å². The number of hydrogen-bond acceptors (Lipinski definition) is 4. The molecule has 0 aliphatic heterocycles. The molecule has 0 saturated heterocycles. The molecule has 0 fully saturated rings. The Morgan fingerprint density at radius 2 is 1.69 bits per heavy atom. The standard InChI is InChI=1S/C8H9NOS.CH3NOS.Na/c1-6-4-2-3-5-7(6)10-8(9)11;2-1(3)4;/h2-5H,1H3,(H2,9,11);(H3,2,3,4);/q;;+1/p-1. The van der Waals surface area contributed by atoms with E-state index < -0.39 is 5.17 Å². The molecular weight excluding hydrogens is 255 g/mol. The zero-order valence-electron chi connectivity index (χ0n) is 9.10. The third-order valence-corrected chi connectivity index (χ3v) is 1.39. The molecule has 0 atom stereocenters. The predicted octanol–water partition coefficient (Wildman–Crippen LogP) is -2.79. The summed E-state index contributed by atoms with van der Waals surface area (Å²) in [5, 5.41) is 8.34. The molecule has 4 N–H and O–H groups in total. The van der Waals surface area contributed by atoms with Gasteiger partial charge in [-0.05, 0) is 30.8 Å². The molecule has 0 bridgehead atoms. The van der Waals surface area contributed by atoms with Gasteiger partial charge in [-0.15, -0.1) is 0 Å². The molecule has 16 heavy (non-hydrogen) atoms. The summed E-state index contributed by atoms with van der Waals surface area (Å²) >= 11 is 8.35. The molecule has 0 heterocycles. The van der Waals surface area contributed by atoms with Crippen LogP contribution in [0.3, 0.4) is 0 Å². The molecule has 4 nitrogen and oxygen atoms in total. The van der Waals surface area contributed by atoms with Crippen molar-refractivity contribution in [2.24, 2.45) is 11.5 Å². The Hall–Kier alpha value is -0.400. The van der Waals surface area contributed by atoms with Crippen LogP contribution in [-0.2, 0) is 0 Å². The second kappa shape index (κ2) is 9.80. The number of ether oxygens (including phenoxy) is 1. The summed E-state index contributed by atoms with van der Waals surface area (Å²) < 4.78 is 5.05. The van der Waals surface area contributed by atoms with Crippen LogP contribution in [0.1, 0.15) is 5.56 Å². The van der Waals surface area contributed by atoms with E-state index in [4.69, 9.17) is 15.6 Å². The van der Waals surface area contributed by atoms with E-state index in [-0.39, 0.29) is 34.7 Å². The van der Waals surface area contributed by atoms with Gasteiger partial charge in [0.25, 0.3) is 5.17 Å². The molecule has 0 aromatic heterocycles. The predicted molar refractivity (Wildman–Crippen MR) is 65.4 cm³/mol. The Balaban J connectivity index is 0. The largest absolute Gasteiger partial charge is 1.00 e. The molecule has 82 valence electrons. The average molecular weight is 266 g/mol. The van der Waals surface area contributed by atoms with Crippen LogP contribution in [0.4, 0.5) is 0 Å². The van der Waals surface area contributed by atoms with E-state index in [1.807, 2.05) is 31.2 Å². The number of aryl methyl sites for hydroxylation is 1. The number of para-hydroxylation sites is 1. The minimum absolute atomic E-state index is 0. The number of rotatable bonds is 1. The van der Waals surface area contributed by atoms with Crippen LogP contribution in [0.15, 0.2) is 24.3 Å². The maximum absolute atomic E-state index is 9.04. The van der Waals surface area contributed by atoms with Crippen molar-refractivity contribution in [2.75, 3.05) is 0 Å². The fourth-order valence-corrected chi connectivity index (χ4v) is 0.869. The summed E-state index contributed by atoms with van der Waals surface area (Å²) in [6, 6.07) is 7.57. The summed E-state index contributed by atoms with van der Waals surface area (Å²) in [6.45, 7) is 1.94. The van der Waals surface area contributed by atoms with Crippen molar-refractivity contribution >= 4 is 34.8 Å². The van der Waals surface area contributed by atoms with Gasteiger partial charge in [0.1, 0.15) is 5.75 Å². The molecule has 0 radical (unpaired) electrons. The van der Waals surface area contributed by atoms with Crippen LogP contribution >= 0.6 is 24.4 Å². The molecule has 0 saturated carbocycles. The van der Waals surface area contributed by atoms with E-state index in [9.17, 15) is 0 Å². The first-order valence-corrected chi connectivity index (χ1v) is 4.74. The summed E-state index contributed by atoms with van der Waals surface area (Å²) in [7, 11) is 0. The van der Waals surface area contributed by atoms with Crippen molar-refractivity contribution in [1.29, 1.82) is 0 Å². The van der Waals surface area contributed by atoms with Gasteiger partial charge in [0, 0.05) is 5.17 Å². The number of hydrogen-bond donors (Lipinski definition) is 2. The van der Waals surface area contributed by atoms with E-state index in [0.717, 1.165) is 11.3 Å². The Morgan fingerprint density at radius 1 is 1.25 bits per heavy atom. The number of thiocarbonyl (C=S) groups is 2. The minimum Gasteiger partial charge on any atom is -0.852 e. The quantitative estimate of drug-likeness (QED) is 0.422. The van der Waals surface area contributed by atoms with Crippen molar-refractivity contribution in [3.8, 4) is 5.75 Å². The van der Waals surface area contributed by atoms with Gasteiger partial charge in [0.05, 0.1) is 0 Å². The summed E-state index contributed by atoms with van der Waals surface area (Å²) in [4.78, 5) is 0. The first-order valence-electron chi connectivity index (χ1n) is 3.93. The fourth-order valence-electron chi connectivity index (χ4n) is 0.779. The fraction of sp³-hybridized carbons (Fsp3) is 0.111. The van der Waals surface area contributed by atoms with Crippen molar-refractivity contribution in [2.45, 2.75) is 6.92 Å². The van der Waals surface area contributed by atoms with E-state index in [1.165, 1.54) is 0 Å². The first kappa shape index (κ1) is 18.0. The van der Waals surface area contributed by atoms with Crippen LogP contribution in [0.5, 0.6) is 5.75 Å². The Labute approximate surface area is 127 Å². The van der Waals surface area contributed by atoms with Crippen molar-refractivity contribution < 1.29 is 39.4 Å². The molecule has 0 unspecified atom stereocenters. The van der Waals surface area contributed by atoms with Gasteiger partial charge in [-0.2, -0.15) is 0 Å². The van der Waals surface area contributed by atoms with Gasteiger partial charge in [-0.3, -0.25) is 0 Å². The van der Waals surface area contributed by atoms with Crippen molar-refractivity contribution in [3.63, 3.8) is 0 Å². The second-order valence-corrected chi connectivity index (χ2v) is 3.31. The monoisotopic (exact) mass is 266 g/mol. The topological polar surface area (TPSA) is 84.3 Å². The van der Waals surface area contributed by atoms with Gasteiger partial charge in [-0.25, -0.2) is 0 Å². The summed E-state index contributed by atoms with van der Waals surface area (Å²) in [5.41, 5.74) is 10.5. The zero-order valence-corrected chi connectivity index (χ0v) is 12.7. The third kappa shape index (κ3) is 10.1. The SMILES string of the molecule is Cc1ccccc1OC(N)=S.NC([O-])=S.[Na+]. The molecule has 1 aromatic carbocycles. The maximum atomic E-state index is 9.04. The summed E-state index contributed by atoms with van der Waals surface area (Å²) in [6.07, 6.45) is 0. The molecule has 1 aromatic rings. The van der Waals surface area contributed by atoms with Gasteiger partial charge in [0.2, 0.25) is 0 Å². The van der Waals surface area contributed by atoms with Gasteiger partial charge < -0.3 is 21.3 Å². The molecule has 7 heteroatoms. The van der Waals surface area contributed by atoms with Crippen molar-refractivity contribution in [3.05, 3.63) is 29.8 Å². The second-order valence-electron chi connectivity index (χ2n) is 2.51. The van der Waals surface area contributed by atoms with Gasteiger partial charge in [-0.1, -0.05) is 30.4 Å². The molecule has 0 aliphatic rings. The smallest absolute Gasteiger partial charge is 0.852 e. The molecule has 0 spiro atoms. The van der Waals surface area contributed by atoms with Crippen LogP contribution in [0.2, 0.25) is 0 Å². The normalized spacial score (nSPS) is 7.81. The summed E-state index contributed by atoms with van der Waals surface area (Å²) in [5.74, 6) is 0.722. The Morgan fingerprint density at radius 3 is 2.06 bits per heavy atom. The molecule has 0 amide bonds. The van der Waals surface area contributed by atoms with Crippen LogP contribution in [0.25, 0.3) is 0 Å². The molecule has 1 rings (SSSR count). The van der Waals surface area contributed by atoms with E-state index >= 15 is 0 Å². The number of nitrogens with two attached hydrogens (primary N) is 2. The first-order chi connectivity index (χ1) is 6.93. The third-order valence-electron chi connectivity index (χ3n) is 1.30. The van der Waals surface area contributed by atoms with Gasteiger partial charge >= 0.3 is 29.6 Å². The van der Waals surface area contributed by atoms with Crippen LogP contribution in [-0.4, -0.2) is 10.3 Å². The van der Waals surface area contributed by atoms with E-state index in [0.29, 0.717) is 0 Å². The van der Waals surface area contributed by atoms with Crippen LogP contribution in [0, 0.1) is 6.92 Å².